The topological polar surface area (TPSA) is 49.8 Å². The molecule has 0 fully saturated rings. The van der Waals surface area contributed by atoms with Crippen molar-refractivity contribution in [3.05, 3.63) is 146 Å². The molecular weight excluding hydrogens is 617 g/mol. The molecule has 4 nitrogen and oxygen atoms in total. The second-order valence-corrected chi connectivity index (χ2v) is 12.9. The third kappa shape index (κ3) is 4.73. The maximum Gasteiger partial charge on any atom is 0.113 e. The Hall–Kier alpha value is -6.04. The molecule has 0 saturated heterocycles. The molecule has 49 heavy (non-hydrogen) atoms. The summed E-state index contributed by atoms with van der Waals surface area (Å²) in [7, 11) is 3.95. The van der Waals surface area contributed by atoms with Gasteiger partial charge in [0.25, 0.3) is 0 Å². The van der Waals surface area contributed by atoms with Gasteiger partial charge in [-0.2, -0.15) is 8.75 Å². The smallest absolute Gasteiger partial charge is 0.113 e. The fourth-order valence-corrected chi connectivity index (χ4v) is 8.01. The Morgan fingerprint density at radius 3 is 1.10 bits per heavy atom. The molecule has 0 amide bonds. The van der Waals surface area contributed by atoms with Crippen molar-refractivity contribution in [1.82, 2.24) is 8.75 Å². The molecule has 0 aliphatic rings. The zero-order valence-corrected chi connectivity index (χ0v) is 28.0. The zero-order valence-electron chi connectivity index (χ0n) is 27.2. The van der Waals surface area contributed by atoms with Gasteiger partial charge in [0.05, 0.1) is 11.7 Å². The number of anilines is 2. The van der Waals surface area contributed by atoms with Gasteiger partial charge in [0.2, 0.25) is 0 Å². The average Bonchev–Trinajstić information content (AvgIpc) is 3.65. The first-order chi connectivity index (χ1) is 24.2. The van der Waals surface area contributed by atoms with Crippen molar-refractivity contribution < 1.29 is 0 Å². The fourth-order valence-electron chi connectivity index (χ4n) is 7.45. The van der Waals surface area contributed by atoms with Crippen LogP contribution in [0.1, 0.15) is 0 Å². The van der Waals surface area contributed by atoms with Gasteiger partial charge in [0.15, 0.2) is 0 Å². The molecule has 0 unspecified atom stereocenters. The van der Waals surface area contributed by atoms with Crippen LogP contribution in [-0.2, 0) is 0 Å². The van der Waals surface area contributed by atoms with E-state index in [1.165, 1.54) is 66.3 Å². The van der Waals surface area contributed by atoms with Crippen LogP contribution in [0.4, 0.5) is 11.4 Å². The molecule has 1 heterocycles. The van der Waals surface area contributed by atoms with Gasteiger partial charge in [-0.25, -0.2) is 0 Å². The van der Waals surface area contributed by atoms with E-state index in [-0.39, 0.29) is 0 Å². The Kier molecular flexibility index (Phi) is 7.06. The average molecular weight is 649 g/mol. The molecule has 0 spiro atoms. The highest BCUT2D eigenvalue weighted by Crippen LogP contribution is 2.44. The van der Waals surface area contributed by atoms with Crippen molar-refractivity contribution in [1.29, 1.82) is 0 Å². The van der Waals surface area contributed by atoms with Crippen molar-refractivity contribution in [2.24, 2.45) is 0 Å². The first-order valence-corrected chi connectivity index (χ1v) is 17.2. The van der Waals surface area contributed by atoms with E-state index in [9.17, 15) is 0 Å². The highest BCUT2D eigenvalue weighted by Gasteiger charge is 2.20. The maximum absolute atomic E-state index is 4.91. The molecule has 2 N–H and O–H groups in total. The van der Waals surface area contributed by atoms with Crippen LogP contribution in [0.25, 0.3) is 87.9 Å². The van der Waals surface area contributed by atoms with Gasteiger partial charge in [-0.15, -0.1) is 0 Å². The van der Waals surface area contributed by atoms with Crippen molar-refractivity contribution in [2.75, 3.05) is 24.7 Å². The Balaban J connectivity index is 1.16. The third-order valence-corrected chi connectivity index (χ3v) is 10.3. The lowest BCUT2D eigenvalue weighted by molar-refractivity contribution is 1.54. The number of hydrogen-bond donors (Lipinski definition) is 2. The number of aromatic nitrogens is 2. The molecule has 0 atom stereocenters. The molecule has 0 aliphatic heterocycles. The summed E-state index contributed by atoms with van der Waals surface area (Å²) in [5.41, 5.74) is 13.5. The van der Waals surface area contributed by atoms with Gasteiger partial charge in [0.1, 0.15) is 11.0 Å². The lowest BCUT2D eigenvalue weighted by atomic mass is 9.88. The number of nitrogens with one attached hydrogen (secondary N) is 2. The van der Waals surface area contributed by atoms with Crippen LogP contribution in [0, 0.1) is 0 Å². The molecule has 234 valence electrons. The van der Waals surface area contributed by atoms with Crippen LogP contribution in [-0.4, -0.2) is 22.8 Å². The van der Waals surface area contributed by atoms with E-state index in [1.54, 1.807) is 0 Å². The van der Waals surface area contributed by atoms with Gasteiger partial charge in [-0.3, -0.25) is 0 Å². The van der Waals surface area contributed by atoms with Gasteiger partial charge in [-0.05, 0) is 67.1 Å². The van der Waals surface area contributed by atoms with Crippen LogP contribution in [0.15, 0.2) is 146 Å². The van der Waals surface area contributed by atoms with Crippen LogP contribution in [0.3, 0.4) is 0 Å². The number of hydrogen-bond acceptors (Lipinski definition) is 5. The monoisotopic (exact) mass is 648 g/mol. The summed E-state index contributed by atoms with van der Waals surface area (Å²) in [6.45, 7) is 0. The number of fused-ring (bicyclic) bond motifs is 4. The van der Waals surface area contributed by atoms with E-state index >= 15 is 0 Å². The van der Waals surface area contributed by atoms with Crippen LogP contribution in [0.5, 0.6) is 0 Å². The minimum Gasteiger partial charge on any atom is -0.388 e. The van der Waals surface area contributed by atoms with Crippen molar-refractivity contribution in [3.8, 4) is 44.5 Å². The molecule has 8 aromatic carbocycles. The molecule has 0 aliphatic carbocycles. The quantitative estimate of drug-likeness (QED) is 0.188. The van der Waals surface area contributed by atoms with Gasteiger partial charge in [0, 0.05) is 47.4 Å². The van der Waals surface area contributed by atoms with E-state index in [1.807, 2.05) is 14.1 Å². The number of benzene rings is 8. The molecule has 1 aromatic heterocycles. The Labute approximate surface area is 289 Å². The second kappa shape index (κ2) is 11.9. The van der Waals surface area contributed by atoms with Gasteiger partial charge < -0.3 is 10.6 Å². The highest BCUT2D eigenvalue weighted by molar-refractivity contribution is 7.00. The summed E-state index contributed by atoms with van der Waals surface area (Å²) in [6, 6.07) is 52.4. The second-order valence-electron chi connectivity index (χ2n) is 12.3. The number of rotatable bonds is 6. The summed E-state index contributed by atoms with van der Waals surface area (Å²) in [5.74, 6) is 0. The van der Waals surface area contributed by atoms with E-state index < -0.39 is 0 Å². The maximum atomic E-state index is 4.91. The summed E-state index contributed by atoms with van der Waals surface area (Å²) in [4.78, 5) is 0. The Morgan fingerprint density at radius 1 is 0.367 bits per heavy atom. The molecule has 9 rings (SSSR count). The first-order valence-electron chi connectivity index (χ1n) is 16.5. The predicted molar refractivity (Wildman–Crippen MR) is 211 cm³/mol. The molecule has 0 radical (unpaired) electrons. The SMILES string of the molecule is CNc1ccc(-c2ccc(-c3c4ccccc4c(-c4ccc(-c5ccc(NC)c6ccccc56)cc4)c4nsnc34)cc2)c2ccccc12. The lowest BCUT2D eigenvalue weighted by Gasteiger charge is -2.15. The minimum atomic E-state index is 0.938. The summed E-state index contributed by atoms with van der Waals surface area (Å²) in [6.07, 6.45) is 0. The van der Waals surface area contributed by atoms with Crippen LogP contribution < -0.4 is 10.6 Å². The first kappa shape index (κ1) is 29.1. The van der Waals surface area contributed by atoms with E-state index in [0.717, 1.165) is 44.7 Å². The number of nitrogens with zero attached hydrogens (tertiary/aromatic N) is 2. The normalized spacial score (nSPS) is 11.5. The fraction of sp³-hybridized carbons (Fsp3) is 0.0455. The Morgan fingerprint density at radius 2 is 0.714 bits per heavy atom. The van der Waals surface area contributed by atoms with Crippen molar-refractivity contribution in [2.45, 2.75) is 0 Å². The predicted octanol–water partition coefficient (Wildman–Crippen LogP) is 11.9. The van der Waals surface area contributed by atoms with Crippen molar-refractivity contribution >= 4 is 66.5 Å². The van der Waals surface area contributed by atoms with E-state index in [0.29, 0.717) is 0 Å². The molecule has 5 heteroatoms. The standard InChI is InChI=1S/C44H32N4S/c1-45-39-25-23-31(33-9-3-5-11-35(33)39)27-15-19-29(20-16-27)41-37-13-7-8-14-38(37)42(44-43(41)47-49-48-44)30-21-17-28(18-22-30)32-24-26-40(46-2)36-12-6-4-10-34(32)36/h3-26,45-46H,1-2H3. The summed E-state index contributed by atoms with van der Waals surface area (Å²) in [5, 5.41) is 13.9. The van der Waals surface area contributed by atoms with Crippen LogP contribution >= 0.6 is 11.7 Å². The Bertz CT molecular complexity index is 2490. The third-order valence-electron chi connectivity index (χ3n) is 9.78. The summed E-state index contributed by atoms with van der Waals surface area (Å²) < 4.78 is 9.81. The van der Waals surface area contributed by atoms with Crippen LogP contribution in [0.2, 0.25) is 0 Å². The van der Waals surface area contributed by atoms with E-state index in [2.05, 4.69) is 156 Å². The zero-order chi connectivity index (χ0) is 32.9. The lowest BCUT2D eigenvalue weighted by Crippen LogP contribution is -1.92. The minimum absolute atomic E-state index is 0.938. The molecule has 0 saturated carbocycles. The summed E-state index contributed by atoms with van der Waals surface area (Å²) >= 11 is 1.28. The highest BCUT2D eigenvalue weighted by atomic mass is 32.1. The van der Waals surface area contributed by atoms with Gasteiger partial charge in [-0.1, -0.05) is 133 Å². The largest absolute Gasteiger partial charge is 0.388 e. The van der Waals surface area contributed by atoms with Gasteiger partial charge >= 0.3 is 0 Å². The van der Waals surface area contributed by atoms with Crippen molar-refractivity contribution in [3.63, 3.8) is 0 Å². The molecule has 9 aromatic rings. The van der Waals surface area contributed by atoms with E-state index in [4.69, 9.17) is 8.75 Å². The molecular formula is C44H32N4S. The molecule has 0 bridgehead atoms.